The van der Waals surface area contributed by atoms with E-state index in [2.05, 4.69) is 0 Å². The van der Waals surface area contributed by atoms with E-state index in [1.807, 2.05) is 6.07 Å². The van der Waals surface area contributed by atoms with Crippen molar-refractivity contribution in [2.75, 3.05) is 20.8 Å². The fourth-order valence-electron chi connectivity index (χ4n) is 2.51. The third kappa shape index (κ3) is 4.01. The molecule has 138 valence electrons. The second-order valence-corrected chi connectivity index (χ2v) is 5.46. The highest BCUT2D eigenvalue weighted by atomic mass is 16.7. The van der Waals surface area contributed by atoms with Crippen molar-refractivity contribution < 1.29 is 39.4 Å². The Bertz CT molecular complexity index is 617. The van der Waals surface area contributed by atoms with Crippen LogP contribution in [0.5, 0.6) is 11.5 Å². The quantitative estimate of drug-likeness (QED) is 0.510. The number of nitriles is 1. The Kier molecular flexibility index (Phi) is 6.55. The van der Waals surface area contributed by atoms with Gasteiger partial charge in [0.1, 0.15) is 24.4 Å². The molecule has 6 atom stereocenters. The Labute approximate surface area is 144 Å². The van der Waals surface area contributed by atoms with Crippen LogP contribution in [0.25, 0.3) is 0 Å². The van der Waals surface area contributed by atoms with Gasteiger partial charge in [0.15, 0.2) is 23.9 Å². The molecule has 0 spiro atoms. The average molecular weight is 355 g/mol. The van der Waals surface area contributed by atoms with Crippen molar-refractivity contribution in [2.45, 2.75) is 36.8 Å². The molecule has 1 aromatic rings. The second kappa shape index (κ2) is 8.44. The summed E-state index contributed by atoms with van der Waals surface area (Å²) >= 11 is 0. The van der Waals surface area contributed by atoms with Crippen LogP contribution in [-0.4, -0.2) is 72.0 Å². The van der Waals surface area contributed by atoms with Crippen molar-refractivity contribution in [3.63, 3.8) is 0 Å². The van der Waals surface area contributed by atoms with Crippen LogP contribution in [0, 0.1) is 11.3 Å². The molecule has 25 heavy (non-hydrogen) atoms. The summed E-state index contributed by atoms with van der Waals surface area (Å²) in [6.45, 7) is -0.585. The molecule has 4 N–H and O–H groups in total. The lowest BCUT2D eigenvalue weighted by atomic mass is 9.99. The lowest BCUT2D eigenvalue weighted by molar-refractivity contribution is -0.307. The molecule has 0 radical (unpaired) electrons. The number of ether oxygens (including phenoxy) is 4. The van der Waals surface area contributed by atoms with Crippen LogP contribution in [-0.2, 0) is 9.47 Å². The fraction of sp³-hybridized carbons (Fsp3) is 0.562. The van der Waals surface area contributed by atoms with Gasteiger partial charge in [-0.3, -0.25) is 0 Å². The number of benzene rings is 1. The lowest BCUT2D eigenvalue weighted by Gasteiger charge is -2.40. The maximum atomic E-state index is 10.00. The summed E-state index contributed by atoms with van der Waals surface area (Å²) in [6.07, 6.45) is -8.35. The van der Waals surface area contributed by atoms with Crippen molar-refractivity contribution in [2.24, 2.45) is 0 Å². The molecule has 6 unspecified atom stereocenters. The highest BCUT2D eigenvalue weighted by Gasteiger charge is 2.45. The Morgan fingerprint density at radius 3 is 2.36 bits per heavy atom. The van der Waals surface area contributed by atoms with Crippen LogP contribution in [0.3, 0.4) is 0 Å². The number of aliphatic hydroxyl groups excluding tert-OH is 4. The molecule has 1 saturated heterocycles. The minimum absolute atomic E-state index is 0.387. The zero-order chi connectivity index (χ0) is 18.6. The SMILES string of the molecule is COc1ccc(C(C#N)OC2OC(CO)C(O)C(O)C2O)cc1OC. The van der Waals surface area contributed by atoms with E-state index in [0.717, 1.165) is 0 Å². The van der Waals surface area contributed by atoms with Gasteiger partial charge in [-0.05, 0) is 17.7 Å². The molecule has 1 fully saturated rings. The molecule has 2 rings (SSSR count). The van der Waals surface area contributed by atoms with Crippen LogP contribution in [0.1, 0.15) is 11.7 Å². The van der Waals surface area contributed by atoms with Crippen LogP contribution < -0.4 is 9.47 Å². The first kappa shape index (κ1) is 19.4. The van der Waals surface area contributed by atoms with E-state index in [-0.39, 0.29) is 0 Å². The zero-order valence-corrected chi connectivity index (χ0v) is 13.8. The topological polar surface area (TPSA) is 142 Å². The number of rotatable bonds is 6. The summed E-state index contributed by atoms with van der Waals surface area (Å²) < 4.78 is 21.0. The summed E-state index contributed by atoms with van der Waals surface area (Å²) in [5.74, 6) is 0.855. The van der Waals surface area contributed by atoms with Crippen molar-refractivity contribution >= 4 is 0 Å². The van der Waals surface area contributed by atoms with E-state index in [1.54, 1.807) is 12.1 Å². The van der Waals surface area contributed by atoms with Crippen molar-refractivity contribution in [3.8, 4) is 17.6 Å². The normalized spacial score (nSPS) is 30.4. The molecule has 9 heteroatoms. The largest absolute Gasteiger partial charge is 0.493 e. The fourth-order valence-corrected chi connectivity index (χ4v) is 2.51. The predicted octanol–water partition coefficient (Wildman–Crippen LogP) is -0.915. The smallest absolute Gasteiger partial charge is 0.188 e. The first-order valence-corrected chi connectivity index (χ1v) is 7.54. The van der Waals surface area contributed by atoms with Gasteiger partial charge in [0.2, 0.25) is 0 Å². The summed E-state index contributed by atoms with van der Waals surface area (Å²) in [5.41, 5.74) is 0.414. The van der Waals surface area contributed by atoms with E-state index in [4.69, 9.17) is 18.9 Å². The summed E-state index contributed by atoms with van der Waals surface area (Å²) in [5, 5.41) is 48.1. The summed E-state index contributed by atoms with van der Waals surface area (Å²) in [4.78, 5) is 0. The van der Waals surface area contributed by atoms with E-state index in [1.165, 1.54) is 20.3 Å². The molecule has 0 amide bonds. The molecule has 1 aromatic carbocycles. The maximum Gasteiger partial charge on any atom is 0.188 e. The van der Waals surface area contributed by atoms with Gasteiger partial charge >= 0.3 is 0 Å². The van der Waals surface area contributed by atoms with Crippen LogP contribution in [0.15, 0.2) is 18.2 Å². The summed E-state index contributed by atoms with van der Waals surface area (Å²) in [6, 6.07) is 6.63. The Morgan fingerprint density at radius 1 is 1.12 bits per heavy atom. The van der Waals surface area contributed by atoms with Crippen molar-refractivity contribution in [1.82, 2.24) is 0 Å². The summed E-state index contributed by atoms with van der Waals surface area (Å²) in [7, 11) is 2.92. The minimum atomic E-state index is -1.59. The molecule has 1 heterocycles. The highest BCUT2D eigenvalue weighted by molar-refractivity contribution is 5.44. The van der Waals surface area contributed by atoms with E-state index in [9.17, 15) is 25.7 Å². The molecular weight excluding hydrogens is 334 g/mol. The molecule has 0 aliphatic carbocycles. The Hall–Kier alpha value is -1.93. The third-order valence-corrected chi connectivity index (χ3v) is 3.95. The third-order valence-electron chi connectivity index (χ3n) is 3.95. The number of hydrogen-bond acceptors (Lipinski definition) is 9. The van der Waals surface area contributed by atoms with Gasteiger partial charge in [-0.1, -0.05) is 6.07 Å². The highest BCUT2D eigenvalue weighted by Crippen LogP contribution is 2.33. The minimum Gasteiger partial charge on any atom is -0.493 e. The lowest BCUT2D eigenvalue weighted by Crippen LogP contribution is -2.59. The van der Waals surface area contributed by atoms with E-state index >= 15 is 0 Å². The van der Waals surface area contributed by atoms with E-state index < -0.39 is 43.4 Å². The molecule has 9 nitrogen and oxygen atoms in total. The number of nitrogens with zero attached hydrogens (tertiary/aromatic N) is 1. The van der Waals surface area contributed by atoms with Crippen LogP contribution >= 0.6 is 0 Å². The number of aliphatic hydroxyl groups is 4. The predicted molar refractivity (Wildman–Crippen MR) is 82.8 cm³/mol. The van der Waals surface area contributed by atoms with Gasteiger partial charge in [-0.25, -0.2) is 0 Å². The van der Waals surface area contributed by atoms with Crippen molar-refractivity contribution in [1.29, 1.82) is 5.26 Å². The zero-order valence-electron chi connectivity index (χ0n) is 13.8. The molecule has 0 aromatic heterocycles. The van der Waals surface area contributed by atoms with Crippen molar-refractivity contribution in [3.05, 3.63) is 23.8 Å². The molecule has 1 aliphatic heterocycles. The Morgan fingerprint density at radius 2 is 1.80 bits per heavy atom. The maximum absolute atomic E-state index is 10.00. The Balaban J connectivity index is 2.20. The van der Waals surface area contributed by atoms with Crippen LogP contribution in [0.2, 0.25) is 0 Å². The monoisotopic (exact) mass is 355 g/mol. The van der Waals surface area contributed by atoms with Gasteiger partial charge in [-0.2, -0.15) is 5.26 Å². The average Bonchev–Trinajstić information content (AvgIpc) is 2.65. The molecule has 0 bridgehead atoms. The standard InChI is InChI=1S/C16H21NO8/c1-22-9-4-3-8(5-10(9)23-2)11(6-17)24-16-15(21)14(20)13(19)12(7-18)25-16/h3-5,11-16,18-21H,7H2,1-2H3. The van der Waals surface area contributed by atoms with Crippen LogP contribution in [0.4, 0.5) is 0 Å². The van der Waals surface area contributed by atoms with Gasteiger partial charge < -0.3 is 39.4 Å². The first-order chi connectivity index (χ1) is 12.0. The number of methoxy groups -OCH3 is 2. The molecular formula is C16H21NO8. The van der Waals surface area contributed by atoms with Gasteiger partial charge in [0, 0.05) is 0 Å². The molecule has 1 aliphatic rings. The van der Waals surface area contributed by atoms with E-state index in [0.29, 0.717) is 17.1 Å². The van der Waals surface area contributed by atoms with Gasteiger partial charge in [-0.15, -0.1) is 0 Å². The second-order valence-electron chi connectivity index (χ2n) is 5.46. The van der Waals surface area contributed by atoms with Gasteiger partial charge in [0.25, 0.3) is 0 Å². The van der Waals surface area contributed by atoms with Gasteiger partial charge in [0.05, 0.1) is 26.9 Å². The number of hydrogen-bond donors (Lipinski definition) is 4. The molecule has 0 saturated carbocycles. The first-order valence-electron chi connectivity index (χ1n) is 7.54.